The number of anilines is 1. The van der Waals surface area contributed by atoms with Gasteiger partial charge in [-0.1, -0.05) is 15.9 Å². The first-order valence-electron chi connectivity index (χ1n) is 4.23. The van der Waals surface area contributed by atoms with Crippen molar-refractivity contribution in [1.82, 2.24) is 0 Å². The van der Waals surface area contributed by atoms with Crippen LogP contribution in [0.2, 0.25) is 0 Å². The number of hydrogen-bond donors (Lipinski definition) is 1. The van der Waals surface area contributed by atoms with E-state index in [0.717, 1.165) is 4.47 Å². The van der Waals surface area contributed by atoms with Crippen molar-refractivity contribution in [3.8, 4) is 5.75 Å². The zero-order chi connectivity index (χ0) is 11.1. The highest BCUT2D eigenvalue weighted by Crippen LogP contribution is 2.35. The highest BCUT2D eigenvalue weighted by molar-refractivity contribution is 9.10. The van der Waals surface area contributed by atoms with E-state index in [1.165, 1.54) is 6.07 Å². The van der Waals surface area contributed by atoms with E-state index >= 15 is 0 Å². The molecule has 6 heteroatoms. The summed E-state index contributed by atoms with van der Waals surface area (Å²) in [6.07, 6.45) is -6.11. The van der Waals surface area contributed by atoms with Gasteiger partial charge in [0.1, 0.15) is 5.75 Å². The maximum atomic E-state index is 12.3. The highest BCUT2D eigenvalue weighted by atomic mass is 79.9. The maximum absolute atomic E-state index is 12.3. The van der Waals surface area contributed by atoms with Crippen LogP contribution in [0.25, 0.3) is 0 Å². The first kappa shape index (κ1) is 10.6. The lowest BCUT2D eigenvalue weighted by molar-refractivity contribution is -0.191. The fraction of sp³-hybridized carbons (Fsp3) is 0.333. The van der Waals surface area contributed by atoms with Crippen LogP contribution in [0.1, 0.15) is 0 Å². The predicted molar refractivity (Wildman–Crippen MR) is 53.1 cm³/mol. The van der Waals surface area contributed by atoms with Crippen molar-refractivity contribution in [2.24, 2.45) is 0 Å². The first-order valence-corrected chi connectivity index (χ1v) is 5.03. The number of hydrogen-bond acceptors (Lipinski definition) is 2. The summed E-state index contributed by atoms with van der Waals surface area (Å²) in [5.41, 5.74) is 0.574. The number of benzene rings is 1. The summed E-state index contributed by atoms with van der Waals surface area (Å²) in [5.74, 6) is 0.228. The van der Waals surface area contributed by atoms with Gasteiger partial charge in [0.25, 0.3) is 0 Å². The molecule has 0 radical (unpaired) electrons. The second kappa shape index (κ2) is 3.59. The van der Waals surface area contributed by atoms with Crippen molar-refractivity contribution in [3.05, 3.63) is 22.7 Å². The van der Waals surface area contributed by atoms with Gasteiger partial charge in [0.2, 0.25) is 6.10 Å². The minimum Gasteiger partial charge on any atom is -0.477 e. The van der Waals surface area contributed by atoms with E-state index in [2.05, 4.69) is 21.2 Å². The lowest BCUT2D eigenvalue weighted by Gasteiger charge is -2.28. The number of rotatable bonds is 0. The van der Waals surface area contributed by atoms with Gasteiger partial charge in [-0.25, -0.2) is 0 Å². The van der Waals surface area contributed by atoms with Gasteiger partial charge in [0.15, 0.2) is 0 Å². The topological polar surface area (TPSA) is 21.3 Å². The van der Waals surface area contributed by atoms with Crippen molar-refractivity contribution < 1.29 is 17.9 Å². The van der Waals surface area contributed by atoms with E-state index in [1.54, 1.807) is 12.1 Å². The Kier molecular flexibility index (Phi) is 2.54. The molecule has 1 aliphatic heterocycles. The van der Waals surface area contributed by atoms with Crippen LogP contribution in [0, 0.1) is 0 Å². The zero-order valence-electron chi connectivity index (χ0n) is 7.44. The van der Waals surface area contributed by atoms with E-state index in [0.29, 0.717) is 5.69 Å². The molecule has 2 nitrogen and oxygen atoms in total. The third-order valence-electron chi connectivity index (χ3n) is 2.05. The molecule has 0 fully saturated rings. The lowest BCUT2D eigenvalue weighted by Crippen LogP contribution is -2.42. The molecular formula is C9H7BrF3NO. The van der Waals surface area contributed by atoms with Crippen molar-refractivity contribution >= 4 is 21.6 Å². The summed E-state index contributed by atoms with van der Waals surface area (Å²) in [4.78, 5) is 0. The second-order valence-electron chi connectivity index (χ2n) is 3.17. The molecule has 1 N–H and O–H groups in total. The van der Waals surface area contributed by atoms with Gasteiger partial charge in [-0.15, -0.1) is 0 Å². The molecule has 1 atom stereocenters. The zero-order valence-corrected chi connectivity index (χ0v) is 9.02. The number of fused-ring (bicyclic) bond motifs is 1. The van der Waals surface area contributed by atoms with Crippen LogP contribution in [0.3, 0.4) is 0 Å². The van der Waals surface area contributed by atoms with Crippen LogP contribution >= 0.6 is 15.9 Å². The molecule has 1 aliphatic rings. The molecule has 0 aliphatic carbocycles. The molecule has 0 saturated heterocycles. The Bertz CT molecular complexity index is 380. The fourth-order valence-electron chi connectivity index (χ4n) is 1.32. The first-order chi connectivity index (χ1) is 6.97. The Labute approximate surface area is 92.5 Å². The van der Waals surface area contributed by atoms with Crippen molar-refractivity contribution in [2.75, 3.05) is 11.9 Å². The van der Waals surface area contributed by atoms with E-state index in [-0.39, 0.29) is 12.3 Å². The monoisotopic (exact) mass is 281 g/mol. The molecule has 1 heterocycles. The van der Waals surface area contributed by atoms with Crippen LogP contribution in [0.5, 0.6) is 5.75 Å². The van der Waals surface area contributed by atoms with Crippen molar-refractivity contribution in [2.45, 2.75) is 12.3 Å². The summed E-state index contributed by atoms with van der Waals surface area (Å²) in [7, 11) is 0. The second-order valence-corrected chi connectivity index (χ2v) is 4.09. The molecule has 0 aromatic heterocycles. The fourth-order valence-corrected chi connectivity index (χ4v) is 1.68. The van der Waals surface area contributed by atoms with Crippen LogP contribution in [0.15, 0.2) is 22.7 Å². The molecule has 0 saturated carbocycles. The van der Waals surface area contributed by atoms with Gasteiger partial charge in [-0.05, 0) is 18.2 Å². The summed E-state index contributed by atoms with van der Waals surface area (Å²) < 4.78 is 42.7. The Morgan fingerprint density at radius 2 is 2.13 bits per heavy atom. The molecule has 2 rings (SSSR count). The summed E-state index contributed by atoms with van der Waals surface area (Å²) >= 11 is 3.23. The maximum Gasteiger partial charge on any atom is 0.427 e. The normalized spacial score (nSPS) is 20.1. The number of nitrogens with one attached hydrogen (secondary N) is 1. The molecule has 1 aromatic rings. The Balaban J connectivity index is 2.24. The number of alkyl halides is 3. The van der Waals surface area contributed by atoms with Crippen LogP contribution in [-0.2, 0) is 0 Å². The molecule has 1 unspecified atom stereocenters. The third kappa shape index (κ3) is 2.19. The van der Waals surface area contributed by atoms with Crippen LogP contribution in [0.4, 0.5) is 18.9 Å². The molecular weight excluding hydrogens is 275 g/mol. The Morgan fingerprint density at radius 1 is 1.40 bits per heavy atom. The van der Waals surface area contributed by atoms with Crippen LogP contribution < -0.4 is 10.1 Å². The summed E-state index contributed by atoms with van der Waals surface area (Å²) in [5, 5.41) is 2.69. The van der Waals surface area contributed by atoms with Gasteiger partial charge in [0, 0.05) is 4.47 Å². The third-order valence-corrected chi connectivity index (χ3v) is 2.55. The molecule has 15 heavy (non-hydrogen) atoms. The minimum atomic E-state index is -4.34. The SMILES string of the molecule is FC(F)(F)C1CNc2cc(Br)ccc2O1. The van der Waals surface area contributed by atoms with E-state index in [9.17, 15) is 13.2 Å². The average molecular weight is 282 g/mol. The van der Waals surface area contributed by atoms with E-state index < -0.39 is 12.3 Å². The van der Waals surface area contributed by atoms with Crippen molar-refractivity contribution in [3.63, 3.8) is 0 Å². The minimum absolute atomic E-state index is 0.228. The summed E-state index contributed by atoms with van der Waals surface area (Å²) in [6.45, 7) is -0.257. The average Bonchev–Trinajstić information content (AvgIpc) is 2.15. The number of halogens is 4. The highest BCUT2D eigenvalue weighted by Gasteiger charge is 2.43. The van der Waals surface area contributed by atoms with Gasteiger partial charge in [-0.2, -0.15) is 13.2 Å². The molecule has 82 valence electrons. The molecule has 0 amide bonds. The Morgan fingerprint density at radius 3 is 2.80 bits per heavy atom. The van der Waals surface area contributed by atoms with Gasteiger partial charge in [0.05, 0.1) is 12.2 Å². The predicted octanol–water partition coefficient (Wildman–Crippen LogP) is 3.18. The van der Waals surface area contributed by atoms with E-state index in [4.69, 9.17) is 4.74 Å². The van der Waals surface area contributed by atoms with Crippen molar-refractivity contribution in [1.29, 1.82) is 0 Å². The lowest BCUT2D eigenvalue weighted by atomic mass is 10.2. The molecule has 1 aromatic carbocycles. The molecule has 0 spiro atoms. The molecule has 0 bridgehead atoms. The van der Waals surface area contributed by atoms with Crippen LogP contribution in [-0.4, -0.2) is 18.8 Å². The Hall–Kier alpha value is -0.910. The largest absolute Gasteiger partial charge is 0.477 e. The van der Waals surface area contributed by atoms with E-state index in [1.807, 2.05) is 0 Å². The standard InChI is InChI=1S/C9H7BrF3NO/c10-5-1-2-7-6(3-5)14-4-8(15-7)9(11,12)13/h1-3,8,14H,4H2. The number of ether oxygens (including phenoxy) is 1. The quantitative estimate of drug-likeness (QED) is 0.789. The van der Waals surface area contributed by atoms with Gasteiger partial charge >= 0.3 is 6.18 Å². The smallest absolute Gasteiger partial charge is 0.427 e. The summed E-state index contributed by atoms with van der Waals surface area (Å²) in [6, 6.07) is 4.82. The van der Waals surface area contributed by atoms with Gasteiger partial charge < -0.3 is 10.1 Å². The van der Waals surface area contributed by atoms with Gasteiger partial charge in [-0.3, -0.25) is 0 Å².